The molecule has 138 valence electrons. The number of aromatic nitrogens is 2. The molecule has 1 aromatic heterocycles. The monoisotopic (exact) mass is 362 g/mol. The number of nitrogens with one attached hydrogen (secondary N) is 1. The average Bonchev–Trinajstić information content (AvgIpc) is 3.03. The molecule has 2 N–H and O–H groups in total. The Morgan fingerprint density at radius 1 is 1.22 bits per heavy atom. The lowest BCUT2D eigenvalue weighted by Gasteiger charge is -2.19. The summed E-state index contributed by atoms with van der Waals surface area (Å²) in [7, 11) is 3.91. The highest BCUT2D eigenvalue weighted by Gasteiger charge is 2.24. The van der Waals surface area contributed by atoms with E-state index >= 15 is 0 Å². The molecule has 0 bridgehead atoms. The van der Waals surface area contributed by atoms with Gasteiger partial charge in [0.1, 0.15) is 11.6 Å². The van der Waals surface area contributed by atoms with Gasteiger partial charge in [-0.05, 0) is 30.3 Å². The van der Waals surface area contributed by atoms with Crippen LogP contribution in [0.5, 0.6) is 0 Å². The largest absolute Gasteiger partial charge is 0.512 e. The van der Waals surface area contributed by atoms with Gasteiger partial charge >= 0.3 is 0 Å². The van der Waals surface area contributed by atoms with Gasteiger partial charge in [0.2, 0.25) is 5.91 Å². The van der Waals surface area contributed by atoms with Gasteiger partial charge in [-0.15, -0.1) is 0 Å². The molecule has 4 rings (SSSR count). The lowest BCUT2D eigenvalue weighted by atomic mass is 10.0. The van der Waals surface area contributed by atoms with Gasteiger partial charge in [0.15, 0.2) is 0 Å². The van der Waals surface area contributed by atoms with Gasteiger partial charge in [-0.1, -0.05) is 18.2 Å². The molecule has 0 spiro atoms. The van der Waals surface area contributed by atoms with Crippen molar-refractivity contribution in [3.8, 4) is 0 Å². The highest BCUT2D eigenvalue weighted by Crippen LogP contribution is 2.31. The second-order valence-electron chi connectivity index (χ2n) is 6.92. The summed E-state index contributed by atoms with van der Waals surface area (Å²) >= 11 is 0. The summed E-state index contributed by atoms with van der Waals surface area (Å²) in [6, 6.07) is 15.5. The summed E-state index contributed by atoms with van der Waals surface area (Å²) in [6.07, 6.45) is 0.591. The minimum absolute atomic E-state index is 0.0847. The molecule has 27 heavy (non-hydrogen) atoms. The maximum absolute atomic E-state index is 12.6. The molecular weight excluding hydrogens is 340 g/mol. The van der Waals surface area contributed by atoms with Crippen molar-refractivity contribution in [1.82, 2.24) is 9.55 Å². The normalized spacial score (nSPS) is 13.6. The molecule has 3 aromatic rings. The van der Waals surface area contributed by atoms with E-state index in [9.17, 15) is 9.90 Å². The van der Waals surface area contributed by atoms with Crippen LogP contribution in [0.4, 0.5) is 11.4 Å². The predicted octanol–water partition coefficient (Wildman–Crippen LogP) is 3.80. The van der Waals surface area contributed by atoms with E-state index in [2.05, 4.69) is 14.9 Å². The zero-order valence-corrected chi connectivity index (χ0v) is 15.4. The SMILES string of the molecule is CN(C)c1cccc(NC(=O)CC2=C(O)CCn3c2nc2ccccc23)c1. The number of aliphatic hydroxyl groups excluding tert-OH is 1. The van der Waals surface area contributed by atoms with Crippen LogP contribution in [0.2, 0.25) is 0 Å². The van der Waals surface area contributed by atoms with Crippen molar-refractivity contribution in [1.29, 1.82) is 0 Å². The molecule has 1 amide bonds. The number of nitrogens with zero attached hydrogens (tertiary/aromatic N) is 3. The third-order valence-electron chi connectivity index (χ3n) is 4.83. The number of amides is 1. The number of allylic oxidation sites excluding steroid dienone is 1. The van der Waals surface area contributed by atoms with Crippen molar-refractivity contribution in [3.05, 3.63) is 60.1 Å². The first-order valence-electron chi connectivity index (χ1n) is 8.97. The van der Waals surface area contributed by atoms with Gasteiger partial charge in [-0.25, -0.2) is 4.98 Å². The molecule has 6 nitrogen and oxygen atoms in total. The third-order valence-corrected chi connectivity index (χ3v) is 4.83. The summed E-state index contributed by atoms with van der Waals surface area (Å²) in [5, 5.41) is 13.3. The molecule has 0 saturated carbocycles. The average molecular weight is 362 g/mol. The zero-order valence-electron chi connectivity index (χ0n) is 15.4. The van der Waals surface area contributed by atoms with Gasteiger partial charge < -0.3 is 19.9 Å². The summed E-state index contributed by atoms with van der Waals surface area (Å²) < 4.78 is 2.07. The molecule has 1 aliphatic heterocycles. The number of para-hydroxylation sites is 2. The van der Waals surface area contributed by atoms with E-state index in [0.717, 1.165) is 22.4 Å². The first-order valence-corrected chi connectivity index (χ1v) is 8.97. The number of rotatable bonds is 4. The topological polar surface area (TPSA) is 70.4 Å². The molecule has 6 heteroatoms. The van der Waals surface area contributed by atoms with Crippen molar-refractivity contribution in [3.63, 3.8) is 0 Å². The van der Waals surface area contributed by atoms with Crippen LogP contribution in [-0.2, 0) is 11.3 Å². The van der Waals surface area contributed by atoms with Crippen LogP contribution < -0.4 is 10.2 Å². The highest BCUT2D eigenvalue weighted by molar-refractivity contribution is 5.98. The number of aryl methyl sites for hydroxylation is 1. The first-order chi connectivity index (χ1) is 13.0. The number of hydrogen-bond donors (Lipinski definition) is 2. The summed E-state index contributed by atoms with van der Waals surface area (Å²) in [6.45, 7) is 0.664. The second-order valence-corrected chi connectivity index (χ2v) is 6.92. The molecule has 1 aliphatic rings. The number of hydrogen-bond acceptors (Lipinski definition) is 4. The third kappa shape index (κ3) is 3.26. The van der Waals surface area contributed by atoms with Crippen LogP contribution in [-0.4, -0.2) is 34.7 Å². The molecule has 0 fully saturated rings. The Kier molecular flexibility index (Phi) is 4.32. The molecule has 0 atom stereocenters. The van der Waals surface area contributed by atoms with Crippen molar-refractivity contribution in [2.24, 2.45) is 0 Å². The van der Waals surface area contributed by atoms with E-state index in [4.69, 9.17) is 0 Å². The Balaban J connectivity index is 1.59. The van der Waals surface area contributed by atoms with E-state index in [1.54, 1.807) is 0 Å². The maximum atomic E-state index is 12.6. The number of carbonyl (C=O) groups excluding carboxylic acids is 1. The molecular formula is C21H22N4O2. The first kappa shape index (κ1) is 17.1. The van der Waals surface area contributed by atoms with Crippen molar-refractivity contribution < 1.29 is 9.90 Å². The molecule has 0 radical (unpaired) electrons. The molecule has 2 aromatic carbocycles. The van der Waals surface area contributed by atoms with Crippen LogP contribution in [0.15, 0.2) is 54.3 Å². The fourth-order valence-electron chi connectivity index (χ4n) is 3.44. The predicted molar refractivity (Wildman–Crippen MR) is 108 cm³/mol. The quantitative estimate of drug-likeness (QED) is 0.740. The van der Waals surface area contributed by atoms with E-state index in [0.29, 0.717) is 24.4 Å². The molecule has 2 heterocycles. The van der Waals surface area contributed by atoms with Crippen LogP contribution in [0, 0.1) is 0 Å². The fraction of sp³-hybridized carbons (Fsp3) is 0.238. The van der Waals surface area contributed by atoms with E-state index in [1.807, 2.05) is 67.5 Å². The maximum Gasteiger partial charge on any atom is 0.229 e. The van der Waals surface area contributed by atoms with E-state index < -0.39 is 0 Å². The van der Waals surface area contributed by atoms with Gasteiger partial charge in [-0.3, -0.25) is 4.79 Å². The highest BCUT2D eigenvalue weighted by atomic mass is 16.3. The van der Waals surface area contributed by atoms with Crippen LogP contribution >= 0.6 is 0 Å². The Hall–Kier alpha value is -3.28. The van der Waals surface area contributed by atoms with Crippen LogP contribution in [0.1, 0.15) is 18.7 Å². The van der Waals surface area contributed by atoms with Gasteiger partial charge in [0, 0.05) is 44.0 Å². The van der Waals surface area contributed by atoms with Crippen LogP contribution in [0.3, 0.4) is 0 Å². The van der Waals surface area contributed by atoms with Crippen LogP contribution in [0.25, 0.3) is 16.6 Å². The zero-order chi connectivity index (χ0) is 19.0. The molecule has 0 aliphatic carbocycles. The minimum atomic E-state index is -0.173. The standard InChI is InChI=1S/C21H22N4O2/c1-24(2)15-7-5-6-14(12-15)22-20(27)13-16-19(26)10-11-25-18-9-4-3-8-17(18)23-21(16)25/h3-9,12,26H,10-11,13H2,1-2H3,(H,22,27). The molecule has 0 unspecified atom stereocenters. The Labute approximate surface area is 157 Å². The Morgan fingerprint density at radius 2 is 2.04 bits per heavy atom. The van der Waals surface area contributed by atoms with Crippen molar-refractivity contribution >= 4 is 33.9 Å². The molecule has 0 saturated heterocycles. The summed E-state index contributed by atoms with van der Waals surface area (Å²) in [4.78, 5) is 19.2. The van der Waals surface area contributed by atoms with Crippen molar-refractivity contribution in [2.45, 2.75) is 19.4 Å². The number of benzene rings is 2. The Morgan fingerprint density at radius 3 is 2.85 bits per heavy atom. The minimum Gasteiger partial charge on any atom is -0.512 e. The number of aliphatic hydroxyl groups is 1. The van der Waals surface area contributed by atoms with Gasteiger partial charge in [0.05, 0.1) is 17.5 Å². The summed E-state index contributed by atoms with van der Waals surface area (Å²) in [5.74, 6) is 0.750. The number of fused-ring (bicyclic) bond motifs is 3. The van der Waals surface area contributed by atoms with Gasteiger partial charge in [0.25, 0.3) is 0 Å². The number of carbonyl (C=O) groups is 1. The van der Waals surface area contributed by atoms with E-state index in [1.165, 1.54) is 0 Å². The van der Waals surface area contributed by atoms with Crippen molar-refractivity contribution in [2.75, 3.05) is 24.3 Å². The lowest BCUT2D eigenvalue weighted by Crippen LogP contribution is -2.18. The number of anilines is 2. The fourth-order valence-corrected chi connectivity index (χ4v) is 3.44. The van der Waals surface area contributed by atoms with Gasteiger partial charge in [-0.2, -0.15) is 0 Å². The Bertz CT molecular complexity index is 1050. The van der Waals surface area contributed by atoms with E-state index in [-0.39, 0.29) is 18.1 Å². The smallest absolute Gasteiger partial charge is 0.229 e. The second kappa shape index (κ2) is 6.79. The lowest BCUT2D eigenvalue weighted by molar-refractivity contribution is -0.115. The number of imidazole rings is 1. The summed E-state index contributed by atoms with van der Waals surface area (Å²) in [5.41, 5.74) is 4.24.